The van der Waals surface area contributed by atoms with E-state index in [1.165, 1.54) is 48.9 Å². The molecule has 1 amide bonds. The number of ether oxygens (including phenoxy) is 1. The van der Waals surface area contributed by atoms with E-state index in [0.717, 1.165) is 23.0 Å². The lowest BCUT2D eigenvalue weighted by atomic mass is 10.1. The molecule has 2 aromatic carbocycles. The molecule has 44 heavy (non-hydrogen) atoms. The van der Waals surface area contributed by atoms with Gasteiger partial charge in [0.05, 0.1) is 16.7 Å². The number of carboxylic acid groups (broad SMARTS) is 1. The van der Waals surface area contributed by atoms with Gasteiger partial charge in [-0.3, -0.25) is 4.79 Å². The number of aromatic carboxylic acids is 1. The summed E-state index contributed by atoms with van der Waals surface area (Å²) in [7, 11) is 0. The van der Waals surface area contributed by atoms with Gasteiger partial charge in [-0.1, -0.05) is 18.2 Å². The molecule has 2 N–H and O–H groups in total. The van der Waals surface area contributed by atoms with Crippen molar-refractivity contribution in [2.75, 3.05) is 5.32 Å². The molecule has 0 bridgehead atoms. The van der Waals surface area contributed by atoms with Gasteiger partial charge in [-0.05, 0) is 48.0 Å². The predicted molar refractivity (Wildman–Crippen MR) is 140 cm³/mol. The zero-order valence-electron chi connectivity index (χ0n) is 21.8. The van der Waals surface area contributed by atoms with Gasteiger partial charge in [-0.25, -0.2) is 24.4 Å². The van der Waals surface area contributed by atoms with Crippen molar-refractivity contribution in [3.63, 3.8) is 0 Å². The molecule has 0 fully saturated rings. The maximum Gasteiger partial charge on any atom is 0.435 e. The van der Waals surface area contributed by atoms with Gasteiger partial charge in [0.25, 0.3) is 5.91 Å². The molecule has 3 heterocycles. The standard InChI is InChI=1S/C28H16F6N6O4/c29-27(30,31)20-11-16(25(42)43)6-9-21(20)44-26-36-12-17(13-37-26)15-4-7-18(8-5-15)38-24(41)19-14-40(22-3-1-2-10-35-22)39-23(19)28(32,33)34/h1-14H,(H,38,41)(H,42,43). The highest BCUT2D eigenvalue weighted by atomic mass is 19.4. The van der Waals surface area contributed by atoms with Crippen molar-refractivity contribution in [3.05, 3.63) is 108 Å². The quantitative estimate of drug-likeness (QED) is 0.199. The molecule has 0 aliphatic carbocycles. The van der Waals surface area contributed by atoms with Gasteiger partial charge in [0.15, 0.2) is 11.5 Å². The lowest BCUT2D eigenvalue weighted by Crippen LogP contribution is -2.17. The smallest absolute Gasteiger partial charge is 0.435 e. The fraction of sp³-hybridized carbons (Fsp3) is 0.0714. The van der Waals surface area contributed by atoms with Crippen LogP contribution in [-0.2, 0) is 12.4 Å². The summed E-state index contributed by atoms with van der Waals surface area (Å²) in [6, 6.07) is 12.1. The van der Waals surface area contributed by atoms with Crippen LogP contribution in [0.2, 0.25) is 0 Å². The van der Waals surface area contributed by atoms with Gasteiger partial charge >= 0.3 is 24.3 Å². The number of amides is 1. The van der Waals surface area contributed by atoms with Crippen LogP contribution in [0.1, 0.15) is 32.0 Å². The second-order valence-electron chi connectivity index (χ2n) is 8.92. The summed E-state index contributed by atoms with van der Waals surface area (Å²) >= 11 is 0. The van der Waals surface area contributed by atoms with Crippen LogP contribution in [-0.4, -0.2) is 41.7 Å². The molecule has 0 aliphatic heterocycles. The number of halogens is 6. The SMILES string of the molecule is O=C(O)c1ccc(Oc2ncc(-c3ccc(NC(=O)c4cn(-c5ccccn5)nc4C(F)(F)F)cc3)cn2)c(C(F)(F)F)c1. The van der Waals surface area contributed by atoms with Gasteiger partial charge in [0, 0.05) is 36.0 Å². The van der Waals surface area contributed by atoms with Crippen molar-refractivity contribution < 1.29 is 45.8 Å². The van der Waals surface area contributed by atoms with Crippen molar-refractivity contribution in [1.82, 2.24) is 24.7 Å². The summed E-state index contributed by atoms with van der Waals surface area (Å²) in [4.78, 5) is 35.6. The molecule has 0 saturated heterocycles. The Bertz CT molecular complexity index is 1820. The number of rotatable bonds is 7. The van der Waals surface area contributed by atoms with Gasteiger partial charge in [-0.15, -0.1) is 0 Å². The Balaban J connectivity index is 1.31. The van der Waals surface area contributed by atoms with E-state index in [2.05, 4.69) is 25.4 Å². The number of carbonyl (C=O) groups is 2. The molecule has 5 rings (SSSR count). The molecule has 10 nitrogen and oxygen atoms in total. The molecule has 5 aromatic rings. The highest BCUT2D eigenvalue weighted by Crippen LogP contribution is 2.38. The van der Waals surface area contributed by atoms with E-state index in [9.17, 15) is 35.9 Å². The van der Waals surface area contributed by atoms with Crippen LogP contribution in [0.25, 0.3) is 16.9 Å². The van der Waals surface area contributed by atoms with E-state index < -0.39 is 58.4 Å². The molecule has 0 saturated carbocycles. The first-order chi connectivity index (χ1) is 20.8. The normalized spacial score (nSPS) is 11.7. The number of aromatic nitrogens is 5. The number of hydrogen-bond acceptors (Lipinski definition) is 7. The average molecular weight is 614 g/mol. The summed E-state index contributed by atoms with van der Waals surface area (Å²) in [5.41, 5.74) is -2.98. The highest BCUT2D eigenvalue weighted by molar-refractivity contribution is 6.05. The van der Waals surface area contributed by atoms with E-state index in [4.69, 9.17) is 9.84 Å². The molecule has 0 spiro atoms. The number of nitrogens with zero attached hydrogens (tertiary/aromatic N) is 5. The lowest BCUT2D eigenvalue weighted by molar-refractivity contribution is -0.141. The Labute approximate surface area is 242 Å². The van der Waals surface area contributed by atoms with E-state index in [-0.39, 0.29) is 11.5 Å². The minimum absolute atomic E-state index is 0.0805. The Hall–Kier alpha value is -5.80. The zero-order valence-corrected chi connectivity index (χ0v) is 21.8. The first-order valence-corrected chi connectivity index (χ1v) is 12.2. The number of hydrogen-bond donors (Lipinski definition) is 2. The molecule has 16 heteroatoms. The fourth-order valence-corrected chi connectivity index (χ4v) is 3.89. The van der Waals surface area contributed by atoms with E-state index >= 15 is 0 Å². The number of alkyl halides is 6. The van der Waals surface area contributed by atoms with Crippen molar-refractivity contribution >= 4 is 17.6 Å². The van der Waals surface area contributed by atoms with E-state index in [1.54, 1.807) is 12.1 Å². The number of pyridine rings is 1. The summed E-state index contributed by atoms with van der Waals surface area (Å²) in [5, 5.41) is 14.9. The van der Waals surface area contributed by atoms with Crippen LogP contribution >= 0.6 is 0 Å². The van der Waals surface area contributed by atoms with Gasteiger partial charge in [-0.2, -0.15) is 31.4 Å². The van der Waals surface area contributed by atoms with Crippen molar-refractivity contribution in [2.45, 2.75) is 12.4 Å². The summed E-state index contributed by atoms with van der Waals surface area (Å²) < 4.78 is 87.2. The number of anilines is 1. The second kappa shape index (κ2) is 11.5. The molecule has 0 unspecified atom stereocenters. The van der Waals surface area contributed by atoms with Gasteiger partial charge < -0.3 is 15.2 Å². The van der Waals surface area contributed by atoms with Crippen LogP contribution in [0.3, 0.4) is 0 Å². The monoisotopic (exact) mass is 614 g/mol. The third kappa shape index (κ3) is 6.48. The molecule has 3 aromatic heterocycles. The predicted octanol–water partition coefficient (Wildman–Crippen LogP) is 6.50. The third-order valence-corrected chi connectivity index (χ3v) is 5.95. The molecular weight excluding hydrogens is 598 g/mol. The van der Waals surface area contributed by atoms with Crippen molar-refractivity contribution in [2.24, 2.45) is 0 Å². The third-order valence-electron chi connectivity index (χ3n) is 5.95. The average Bonchev–Trinajstić information content (AvgIpc) is 3.45. The summed E-state index contributed by atoms with van der Waals surface area (Å²) in [6.07, 6.45) is -5.04. The number of carboxylic acids is 1. The Morgan fingerprint density at radius 3 is 2.14 bits per heavy atom. The zero-order chi connectivity index (χ0) is 31.6. The minimum atomic E-state index is -4.91. The fourth-order valence-electron chi connectivity index (χ4n) is 3.89. The number of nitrogens with one attached hydrogen (secondary N) is 1. The van der Waals surface area contributed by atoms with Crippen molar-refractivity contribution in [3.8, 4) is 28.7 Å². The minimum Gasteiger partial charge on any atom is -0.478 e. The molecule has 0 radical (unpaired) electrons. The van der Waals surface area contributed by atoms with Crippen LogP contribution in [0.5, 0.6) is 11.8 Å². The molecule has 0 atom stereocenters. The Morgan fingerprint density at radius 1 is 0.841 bits per heavy atom. The molecule has 224 valence electrons. The first-order valence-electron chi connectivity index (χ1n) is 12.2. The largest absolute Gasteiger partial charge is 0.478 e. The maximum atomic E-state index is 13.6. The van der Waals surface area contributed by atoms with Crippen molar-refractivity contribution in [1.29, 1.82) is 0 Å². The molecule has 0 aliphatic rings. The van der Waals surface area contributed by atoms with Crippen LogP contribution in [0.4, 0.5) is 32.0 Å². The second-order valence-corrected chi connectivity index (χ2v) is 8.92. The Morgan fingerprint density at radius 2 is 1.55 bits per heavy atom. The van der Waals surface area contributed by atoms with Crippen LogP contribution in [0.15, 0.2) is 85.5 Å². The van der Waals surface area contributed by atoms with Gasteiger partial charge in [0.2, 0.25) is 0 Å². The van der Waals surface area contributed by atoms with E-state index in [0.29, 0.717) is 17.2 Å². The van der Waals surface area contributed by atoms with Crippen LogP contribution < -0.4 is 10.1 Å². The lowest BCUT2D eigenvalue weighted by Gasteiger charge is -2.13. The first kappa shape index (κ1) is 29.7. The van der Waals surface area contributed by atoms with Gasteiger partial charge in [0.1, 0.15) is 5.75 Å². The summed E-state index contributed by atoms with van der Waals surface area (Å²) in [6.45, 7) is 0. The topological polar surface area (TPSA) is 132 Å². The maximum absolute atomic E-state index is 13.6. The number of carbonyl (C=O) groups excluding carboxylic acids is 1. The number of benzene rings is 2. The summed E-state index contributed by atoms with van der Waals surface area (Å²) in [5.74, 6) is -3.23. The highest BCUT2D eigenvalue weighted by Gasteiger charge is 2.39. The molecular formula is C28H16F6N6O4. The van der Waals surface area contributed by atoms with Crippen LogP contribution in [0, 0.1) is 0 Å². The van der Waals surface area contributed by atoms with E-state index in [1.807, 2.05) is 0 Å². The Kier molecular flexibility index (Phi) is 7.74.